The van der Waals surface area contributed by atoms with Crippen molar-refractivity contribution < 1.29 is 12.8 Å². The Balaban J connectivity index is 2.22. The first-order valence-corrected chi connectivity index (χ1v) is 8.45. The van der Waals surface area contributed by atoms with Crippen molar-refractivity contribution in [3.05, 3.63) is 47.2 Å². The molecule has 1 aromatic carbocycles. The number of anilines is 1. The molecule has 0 fully saturated rings. The summed E-state index contributed by atoms with van der Waals surface area (Å²) in [5.74, 6) is 0.598. The van der Waals surface area contributed by atoms with Crippen LogP contribution in [-0.4, -0.2) is 32.5 Å². The Morgan fingerprint density at radius 1 is 1.17 bits per heavy atom. The standard InChI is InChI=1S/C15H19FN4O2S/c1-10-7-12(16)5-6-13(10)23(21,22)17-9-14-18-11(2)8-15(19-14)20(3)4/h5-8,17H,9H2,1-4H3. The molecule has 0 unspecified atom stereocenters. The van der Waals surface area contributed by atoms with E-state index in [1.54, 1.807) is 6.92 Å². The average molecular weight is 338 g/mol. The Kier molecular flexibility index (Phi) is 4.96. The van der Waals surface area contributed by atoms with E-state index in [9.17, 15) is 12.8 Å². The second-order valence-corrected chi connectivity index (χ2v) is 7.15. The highest BCUT2D eigenvalue weighted by Crippen LogP contribution is 2.16. The summed E-state index contributed by atoms with van der Waals surface area (Å²) < 4.78 is 40.2. The topological polar surface area (TPSA) is 75.2 Å². The summed E-state index contributed by atoms with van der Waals surface area (Å²) in [6.07, 6.45) is 0. The molecule has 1 aromatic heterocycles. The molecule has 2 rings (SSSR count). The highest BCUT2D eigenvalue weighted by molar-refractivity contribution is 7.89. The normalized spacial score (nSPS) is 11.5. The van der Waals surface area contributed by atoms with Crippen molar-refractivity contribution in [2.45, 2.75) is 25.3 Å². The molecule has 0 aliphatic rings. The maximum atomic E-state index is 13.1. The zero-order valence-corrected chi connectivity index (χ0v) is 14.3. The van der Waals surface area contributed by atoms with Gasteiger partial charge in [-0.3, -0.25) is 0 Å². The van der Waals surface area contributed by atoms with E-state index in [2.05, 4.69) is 14.7 Å². The lowest BCUT2D eigenvalue weighted by Gasteiger charge is -2.14. The number of hydrogen-bond acceptors (Lipinski definition) is 5. The molecule has 6 nitrogen and oxygen atoms in total. The first kappa shape index (κ1) is 17.3. The van der Waals surface area contributed by atoms with E-state index in [1.165, 1.54) is 12.1 Å². The molecule has 0 radical (unpaired) electrons. The van der Waals surface area contributed by atoms with Crippen LogP contribution in [0.2, 0.25) is 0 Å². The highest BCUT2D eigenvalue weighted by atomic mass is 32.2. The van der Waals surface area contributed by atoms with Crippen molar-refractivity contribution in [1.82, 2.24) is 14.7 Å². The third-order valence-electron chi connectivity index (χ3n) is 3.19. The van der Waals surface area contributed by atoms with Gasteiger partial charge in [0.25, 0.3) is 0 Å². The lowest BCUT2D eigenvalue weighted by atomic mass is 10.2. The Bertz CT molecular complexity index is 822. The summed E-state index contributed by atoms with van der Waals surface area (Å²) >= 11 is 0. The lowest BCUT2D eigenvalue weighted by molar-refractivity contribution is 0.577. The van der Waals surface area contributed by atoms with Gasteiger partial charge >= 0.3 is 0 Å². The largest absolute Gasteiger partial charge is 0.363 e. The zero-order valence-electron chi connectivity index (χ0n) is 13.5. The molecule has 0 spiro atoms. The third-order valence-corrected chi connectivity index (χ3v) is 4.75. The molecule has 1 N–H and O–H groups in total. The van der Waals surface area contributed by atoms with Gasteiger partial charge in [-0.15, -0.1) is 0 Å². The fourth-order valence-electron chi connectivity index (χ4n) is 2.07. The molecule has 124 valence electrons. The molecule has 2 aromatic rings. The average Bonchev–Trinajstić information content (AvgIpc) is 2.44. The van der Waals surface area contributed by atoms with Crippen molar-refractivity contribution in [1.29, 1.82) is 0 Å². The monoisotopic (exact) mass is 338 g/mol. The number of rotatable bonds is 5. The van der Waals surface area contributed by atoms with Crippen molar-refractivity contribution in [3.63, 3.8) is 0 Å². The van der Waals surface area contributed by atoms with Gasteiger partial charge in [-0.05, 0) is 37.6 Å². The van der Waals surface area contributed by atoms with Crippen LogP contribution in [0, 0.1) is 19.7 Å². The van der Waals surface area contributed by atoms with Gasteiger partial charge < -0.3 is 4.90 Å². The summed E-state index contributed by atoms with van der Waals surface area (Å²) in [4.78, 5) is 10.4. The highest BCUT2D eigenvalue weighted by Gasteiger charge is 2.17. The van der Waals surface area contributed by atoms with Crippen molar-refractivity contribution in [3.8, 4) is 0 Å². The molecular weight excluding hydrogens is 319 g/mol. The van der Waals surface area contributed by atoms with Crippen LogP contribution in [0.25, 0.3) is 0 Å². The number of halogens is 1. The summed E-state index contributed by atoms with van der Waals surface area (Å²) in [6, 6.07) is 5.36. The van der Waals surface area contributed by atoms with Crippen molar-refractivity contribution >= 4 is 15.8 Å². The van der Waals surface area contributed by atoms with Crippen LogP contribution < -0.4 is 9.62 Å². The van der Waals surface area contributed by atoms with Gasteiger partial charge in [0.2, 0.25) is 10.0 Å². The van der Waals surface area contributed by atoms with Crippen LogP contribution in [0.4, 0.5) is 10.2 Å². The van der Waals surface area contributed by atoms with E-state index in [0.29, 0.717) is 17.2 Å². The lowest BCUT2D eigenvalue weighted by Crippen LogP contribution is -2.25. The number of sulfonamides is 1. The van der Waals surface area contributed by atoms with E-state index >= 15 is 0 Å². The maximum absolute atomic E-state index is 13.1. The van der Waals surface area contributed by atoms with Crippen LogP contribution in [0.3, 0.4) is 0 Å². The van der Waals surface area contributed by atoms with Crippen molar-refractivity contribution in [2.24, 2.45) is 0 Å². The van der Waals surface area contributed by atoms with E-state index in [1.807, 2.05) is 32.0 Å². The Hall–Kier alpha value is -2.06. The summed E-state index contributed by atoms with van der Waals surface area (Å²) in [5, 5.41) is 0. The summed E-state index contributed by atoms with van der Waals surface area (Å²) in [5.41, 5.74) is 1.09. The molecule has 0 saturated carbocycles. The zero-order chi connectivity index (χ0) is 17.2. The Morgan fingerprint density at radius 2 is 1.87 bits per heavy atom. The Morgan fingerprint density at radius 3 is 2.48 bits per heavy atom. The Labute approximate surface area is 135 Å². The van der Waals surface area contributed by atoms with Crippen LogP contribution in [0.1, 0.15) is 17.1 Å². The molecule has 0 aliphatic carbocycles. The molecule has 0 saturated heterocycles. The fourth-order valence-corrected chi connectivity index (χ4v) is 3.28. The maximum Gasteiger partial charge on any atom is 0.241 e. The molecule has 0 aliphatic heterocycles. The molecule has 0 amide bonds. The summed E-state index contributed by atoms with van der Waals surface area (Å²) in [6.45, 7) is 3.32. The van der Waals surface area contributed by atoms with Gasteiger partial charge in [-0.1, -0.05) is 0 Å². The van der Waals surface area contributed by atoms with E-state index < -0.39 is 15.8 Å². The van der Waals surface area contributed by atoms with Crippen LogP contribution in [-0.2, 0) is 16.6 Å². The fraction of sp³-hybridized carbons (Fsp3) is 0.333. The summed E-state index contributed by atoms with van der Waals surface area (Å²) in [7, 11) is -0.0724. The smallest absolute Gasteiger partial charge is 0.241 e. The number of nitrogens with one attached hydrogen (secondary N) is 1. The molecule has 0 atom stereocenters. The molecule has 8 heteroatoms. The number of aryl methyl sites for hydroxylation is 2. The quantitative estimate of drug-likeness (QED) is 0.899. The predicted octanol–water partition coefficient (Wildman–Crippen LogP) is 1.78. The SMILES string of the molecule is Cc1cc(N(C)C)nc(CNS(=O)(=O)c2ccc(F)cc2C)n1. The minimum Gasteiger partial charge on any atom is -0.363 e. The third kappa shape index (κ3) is 4.23. The van der Waals surface area contributed by atoms with E-state index in [0.717, 1.165) is 11.8 Å². The van der Waals surface area contributed by atoms with Gasteiger partial charge in [0.1, 0.15) is 17.5 Å². The first-order valence-electron chi connectivity index (χ1n) is 6.97. The van der Waals surface area contributed by atoms with Gasteiger partial charge in [0.15, 0.2) is 0 Å². The van der Waals surface area contributed by atoms with Gasteiger partial charge in [0, 0.05) is 25.9 Å². The number of benzene rings is 1. The van der Waals surface area contributed by atoms with Gasteiger partial charge in [0.05, 0.1) is 11.4 Å². The van der Waals surface area contributed by atoms with E-state index in [4.69, 9.17) is 0 Å². The number of nitrogens with zero attached hydrogens (tertiary/aromatic N) is 3. The number of hydrogen-bond donors (Lipinski definition) is 1. The second kappa shape index (κ2) is 6.59. The molecule has 1 heterocycles. The van der Waals surface area contributed by atoms with Crippen LogP contribution >= 0.6 is 0 Å². The van der Waals surface area contributed by atoms with Crippen LogP contribution in [0.15, 0.2) is 29.2 Å². The minimum absolute atomic E-state index is 0.0400. The van der Waals surface area contributed by atoms with Crippen LogP contribution in [0.5, 0.6) is 0 Å². The van der Waals surface area contributed by atoms with Crippen molar-refractivity contribution in [2.75, 3.05) is 19.0 Å². The molecular formula is C15H19FN4O2S. The van der Waals surface area contributed by atoms with E-state index in [-0.39, 0.29) is 11.4 Å². The first-order chi connectivity index (χ1) is 10.7. The van der Waals surface area contributed by atoms with Gasteiger partial charge in [-0.25, -0.2) is 27.5 Å². The molecule has 23 heavy (non-hydrogen) atoms. The number of aromatic nitrogens is 2. The van der Waals surface area contributed by atoms with Gasteiger partial charge in [-0.2, -0.15) is 0 Å². The minimum atomic E-state index is -3.76. The second-order valence-electron chi connectivity index (χ2n) is 5.41. The predicted molar refractivity (Wildman–Crippen MR) is 86.3 cm³/mol. The molecule has 0 bridgehead atoms.